The Morgan fingerprint density at radius 2 is 1.24 bits per heavy atom. The molecule has 0 aliphatic heterocycles. The Balaban J connectivity index is 1.93. The van der Waals surface area contributed by atoms with E-state index in [-0.39, 0.29) is 11.7 Å². The molecular formula is C25H42N2O2. The van der Waals surface area contributed by atoms with Gasteiger partial charge in [0, 0.05) is 5.56 Å². The molecule has 0 aliphatic rings. The fourth-order valence-corrected chi connectivity index (χ4v) is 3.41. The minimum Gasteiger partial charge on any atom is -0.494 e. The molecule has 29 heavy (non-hydrogen) atoms. The summed E-state index contributed by atoms with van der Waals surface area (Å²) in [5.41, 5.74) is 5.96. The van der Waals surface area contributed by atoms with Crippen LogP contribution in [0, 0.1) is 0 Å². The highest BCUT2D eigenvalue weighted by Crippen LogP contribution is 2.15. The van der Waals surface area contributed by atoms with Gasteiger partial charge < -0.3 is 10.5 Å². The van der Waals surface area contributed by atoms with Gasteiger partial charge >= 0.3 is 0 Å². The molecule has 1 aromatic rings. The molecule has 1 rings (SSSR count). The summed E-state index contributed by atoms with van der Waals surface area (Å²) in [6.07, 6.45) is 19.0. The molecule has 0 saturated heterocycles. The zero-order chi connectivity index (χ0) is 21.2. The van der Waals surface area contributed by atoms with Gasteiger partial charge in [0.15, 0.2) is 0 Å². The van der Waals surface area contributed by atoms with Gasteiger partial charge in [-0.3, -0.25) is 4.79 Å². The summed E-state index contributed by atoms with van der Waals surface area (Å²) < 4.78 is 5.76. The average Bonchev–Trinajstić information content (AvgIpc) is 2.71. The molecule has 1 aromatic carbocycles. The fraction of sp³-hybridized carbons (Fsp3) is 0.680. The predicted molar refractivity (Wildman–Crippen MR) is 124 cm³/mol. The molecular weight excluding hydrogens is 360 g/mol. The van der Waals surface area contributed by atoms with Crippen LogP contribution in [0.1, 0.15) is 114 Å². The van der Waals surface area contributed by atoms with E-state index < -0.39 is 0 Å². The van der Waals surface area contributed by atoms with Crippen molar-refractivity contribution in [3.05, 3.63) is 29.8 Å². The number of carbonyl (C=O) groups is 1. The van der Waals surface area contributed by atoms with E-state index in [1.807, 2.05) is 12.1 Å². The largest absolute Gasteiger partial charge is 0.494 e. The molecule has 0 fully saturated rings. The number of benzene rings is 1. The van der Waals surface area contributed by atoms with Crippen LogP contribution in [0.25, 0.3) is 0 Å². The normalized spacial score (nSPS) is 11.6. The third-order valence-electron chi connectivity index (χ3n) is 5.15. The molecule has 4 nitrogen and oxygen atoms in total. The molecule has 0 spiro atoms. The van der Waals surface area contributed by atoms with Crippen molar-refractivity contribution in [2.75, 3.05) is 6.61 Å². The first-order valence-corrected chi connectivity index (χ1v) is 11.7. The van der Waals surface area contributed by atoms with Crippen LogP contribution in [0.3, 0.4) is 0 Å². The molecule has 0 heterocycles. The van der Waals surface area contributed by atoms with Crippen molar-refractivity contribution < 1.29 is 9.53 Å². The highest BCUT2D eigenvalue weighted by atomic mass is 16.5. The summed E-state index contributed by atoms with van der Waals surface area (Å²) in [6, 6.07) is 7.10. The second kappa shape index (κ2) is 17.1. The minimum atomic E-state index is -0.316. The predicted octanol–water partition coefficient (Wildman–Crippen LogP) is 7.06. The number of carbonyl (C=O) groups excluding carboxylic acids is 1. The van der Waals surface area contributed by atoms with Crippen molar-refractivity contribution in [3.8, 4) is 5.75 Å². The van der Waals surface area contributed by atoms with E-state index in [0.29, 0.717) is 5.56 Å². The maximum atomic E-state index is 11.8. The van der Waals surface area contributed by atoms with E-state index >= 15 is 0 Å². The zero-order valence-corrected chi connectivity index (χ0v) is 18.8. The van der Waals surface area contributed by atoms with Gasteiger partial charge in [-0.2, -0.15) is 4.99 Å². The van der Waals surface area contributed by atoms with Gasteiger partial charge in [0.05, 0.1) is 6.61 Å². The number of unbranched alkanes of at least 4 members (excludes halogenated alkanes) is 13. The summed E-state index contributed by atoms with van der Waals surface area (Å²) in [5, 5.41) is 0. The molecule has 0 bridgehead atoms. The van der Waals surface area contributed by atoms with Gasteiger partial charge in [-0.05, 0) is 37.6 Å². The number of hydrogen-bond acceptors (Lipinski definition) is 2. The van der Waals surface area contributed by atoms with Crippen LogP contribution >= 0.6 is 0 Å². The lowest BCUT2D eigenvalue weighted by Gasteiger charge is -2.07. The third-order valence-corrected chi connectivity index (χ3v) is 5.15. The molecule has 4 heteroatoms. The van der Waals surface area contributed by atoms with E-state index in [2.05, 4.69) is 11.9 Å². The number of hydrogen-bond donors (Lipinski definition) is 1. The average molecular weight is 403 g/mol. The van der Waals surface area contributed by atoms with Gasteiger partial charge in [-0.15, -0.1) is 0 Å². The quantitative estimate of drug-likeness (QED) is 0.172. The smallest absolute Gasteiger partial charge is 0.278 e. The Labute approximate surface area is 178 Å². The molecule has 2 N–H and O–H groups in total. The van der Waals surface area contributed by atoms with Crippen molar-refractivity contribution in [2.45, 2.75) is 104 Å². The van der Waals surface area contributed by atoms with Gasteiger partial charge in [-0.1, -0.05) is 90.4 Å². The van der Waals surface area contributed by atoms with Gasteiger partial charge in [0.1, 0.15) is 11.6 Å². The van der Waals surface area contributed by atoms with Crippen molar-refractivity contribution >= 4 is 11.7 Å². The Bertz CT molecular complexity index is 563. The van der Waals surface area contributed by atoms with Crippen molar-refractivity contribution in [1.29, 1.82) is 0 Å². The summed E-state index contributed by atoms with van der Waals surface area (Å²) in [7, 11) is 0. The Morgan fingerprint density at radius 3 is 1.69 bits per heavy atom. The van der Waals surface area contributed by atoms with Crippen LogP contribution < -0.4 is 10.5 Å². The SMILES string of the molecule is CCCCCCCCCCCCCCCCOc1ccc(C(=O)N=C(C)N)cc1. The summed E-state index contributed by atoms with van der Waals surface area (Å²) >= 11 is 0. The number of rotatable bonds is 17. The van der Waals surface area contributed by atoms with Crippen LogP contribution in [-0.4, -0.2) is 18.3 Å². The van der Waals surface area contributed by atoms with Crippen molar-refractivity contribution in [1.82, 2.24) is 0 Å². The molecule has 0 aliphatic carbocycles. The standard InChI is InChI=1S/C25H42N2O2/c1-3-4-5-6-7-8-9-10-11-12-13-14-15-16-21-29-24-19-17-23(18-20-24)25(28)27-22(2)26/h17-20H,3-16,21H2,1-2H3,(H2,26,27,28). The number of amidine groups is 1. The van der Waals surface area contributed by atoms with Crippen LogP contribution in [0.4, 0.5) is 0 Å². The fourth-order valence-electron chi connectivity index (χ4n) is 3.41. The number of aliphatic imine (C=N–C) groups is 1. The lowest BCUT2D eigenvalue weighted by Crippen LogP contribution is -2.09. The summed E-state index contributed by atoms with van der Waals surface area (Å²) in [6.45, 7) is 4.61. The molecule has 0 atom stereocenters. The van der Waals surface area contributed by atoms with Crippen LogP contribution in [0.15, 0.2) is 29.3 Å². The molecule has 0 unspecified atom stereocenters. The Morgan fingerprint density at radius 1 is 0.793 bits per heavy atom. The maximum absolute atomic E-state index is 11.8. The van der Waals surface area contributed by atoms with Gasteiger partial charge in [-0.25, -0.2) is 0 Å². The van der Waals surface area contributed by atoms with E-state index in [0.717, 1.165) is 18.8 Å². The first-order valence-electron chi connectivity index (χ1n) is 11.7. The number of ether oxygens (including phenoxy) is 1. The van der Waals surface area contributed by atoms with E-state index in [1.165, 1.54) is 83.5 Å². The summed E-state index contributed by atoms with van der Waals surface area (Å²) in [5.74, 6) is 0.751. The van der Waals surface area contributed by atoms with Gasteiger partial charge in [0.25, 0.3) is 5.91 Å². The highest BCUT2D eigenvalue weighted by Gasteiger charge is 2.04. The van der Waals surface area contributed by atoms with Crippen LogP contribution in [-0.2, 0) is 0 Å². The zero-order valence-electron chi connectivity index (χ0n) is 18.8. The second-order valence-electron chi connectivity index (χ2n) is 8.03. The van der Waals surface area contributed by atoms with Crippen molar-refractivity contribution in [3.63, 3.8) is 0 Å². The van der Waals surface area contributed by atoms with Crippen LogP contribution in [0.5, 0.6) is 5.75 Å². The third kappa shape index (κ3) is 13.9. The number of nitrogens with two attached hydrogens (primary N) is 1. The molecule has 0 radical (unpaired) electrons. The summed E-state index contributed by atoms with van der Waals surface area (Å²) in [4.78, 5) is 15.5. The van der Waals surface area contributed by atoms with Gasteiger partial charge in [0.2, 0.25) is 0 Å². The molecule has 164 valence electrons. The minimum absolute atomic E-state index is 0.271. The first-order chi connectivity index (χ1) is 14.1. The molecule has 1 amide bonds. The topological polar surface area (TPSA) is 64.7 Å². The first kappa shape index (κ1) is 25.2. The monoisotopic (exact) mass is 402 g/mol. The lowest BCUT2D eigenvalue weighted by molar-refractivity contribution is 0.100. The number of nitrogens with zero attached hydrogens (tertiary/aromatic N) is 1. The molecule has 0 saturated carbocycles. The maximum Gasteiger partial charge on any atom is 0.278 e. The Hall–Kier alpha value is -1.84. The van der Waals surface area contributed by atoms with E-state index in [9.17, 15) is 4.79 Å². The second-order valence-corrected chi connectivity index (χ2v) is 8.03. The van der Waals surface area contributed by atoms with E-state index in [1.54, 1.807) is 19.1 Å². The van der Waals surface area contributed by atoms with Crippen LogP contribution in [0.2, 0.25) is 0 Å². The lowest BCUT2D eigenvalue weighted by atomic mass is 10.0. The number of amides is 1. The van der Waals surface area contributed by atoms with Crippen molar-refractivity contribution in [2.24, 2.45) is 10.7 Å². The van der Waals surface area contributed by atoms with E-state index in [4.69, 9.17) is 10.5 Å². The Kier molecular flexibility index (Phi) is 14.8. The highest BCUT2D eigenvalue weighted by molar-refractivity contribution is 6.02. The molecule has 0 aromatic heterocycles.